The molecule has 1 aromatic carbocycles. The SMILES string of the molecule is CCCOc1ccc(N2C(=O)C[C@H](N3CCN(C45CC6CC(CC(C6)C4)C5)CC3)C2=O)cc1. The predicted molar refractivity (Wildman–Crippen MR) is 127 cm³/mol. The number of imide groups is 1. The fourth-order valence-corrected chi connectivity index (χ4v) is 8.04. The van der Waals surface area contributed by atoms with E-state index in [-0.39, 0.29) is 17.9 Å². The van der Waals surface area contributed by atoms with Crippen LogP contribution in [0.1, 0.15) is 58.3 Å². The third-order valence-corrected chi connectivity index (χ3v) is 9.12. The van der Waals surface area contributed by atoms with E-state index in [1.165, 1.54) is 43.4 Å². The molecule has 4 aliphatic carbocycles. The van der Waals surface area contributed by atoms with E-state index < -0.39 is 0 Å². The van der Waals surface area contributed by atoms with Crippen LogP contribution in [0, 0.1) is 17.8 Å². The number of hydrogen-bond acceptors (Lipinski definition) is 5. The van der Waals surface area contributed by atoms with Crippen LogP contribution in [0.4, 0.5) is 5.69 Å². The van der Waals surface area contributed by atoms with Gasteiger partial charge in [-0.3, -0.25) is 19.4 Å². The number of hydrogen-bond donors (Lipinski definition) is 0. The molecule has 2 heterocycles. The molecule has 178 valence electrons. The van der Waals surface area contributed by atoms with Gasteiger partial charge in [-0.15, -0.1) is 0 Å². The van der Waals surface area contributed by atoms with E-state index in [0.717, 1.165) is 56.1 Å². The molecule has 6 heteroatoms. The van der Waals surface area contributed by atoms with Crippen molar-refractivity contribution in [2.45, 2.75) is 69.9 Å². The van der Waals surface area contributed by atoms with Crippen molar-refractivity contribution >= 4 is 17.5 Å². The number of piperazine rings is 1. The molecule has 7 rings (SSSR count). The first-order valence-corrected chi connectivity index (χ1v) is 13.1. The lowest BCUT2D eigenvalue weighted by Crippen LogP contribution is -2.64. The summed E-state index contributed by atoms with van der Waals surface area (Å²) < 4.78 is 5.64. The van der Waals surface area contributed by atoms with Crippen LogP contribution >= 0.6 is 0 Å². The van der Waals surface area contributed by atoms with Gasteiger partial charge in [0, 0.05) is 31.7 Å². The Kier molecular flexibility index (Phi) is 5.49. The van der Waals surface area contributed by atoms with Gasteiger partial charge < -0.3 is 4.74 Å². The molecule has 0 spiro atoms. The lowest BCUT2D eigenvalue weighted by atomic mass is 9.52. The van der Waals surface area contributed by atoms with Gasteiger partial charge in [0.25, 0.3) is 5.91 Å². The lowest BCUT2D eigenvalue weighted by Gasteiger charge is -2.61. The molecule has 6 nitrogen and oxygen atoms in total. The van der Waals surface area contributed by atoms with E-state index >= 15 is 0 Å². The summed E-state index contributed by atoms with van der Waals surface area (Å²) in [6.45, 7) is 6.59. The highest BCUT2D eigenvalue weighted by Gasteiger charge is 2.54. The minimum atomic E-state index is -0.313. The number of carbonyl (C=O) groups is 2. The van der Waals surface area contributed by atoms with E-state index in [9.17, 15) is 9.59 Å². The maximum Gasteiger partial charge on any atom is 0.251 e. The summed E-state index contributed by atoms with van der Waals surface area (Å²) in [5.41, 5.74) is 1.09. The summed E-state index contributed by atoms with van der Waals surface area (Å²) in [5, 5.41) is 0. The molecule has 1 aromatic rings. The monoisotopic (exact) mass is 451 g/mol. The van der Waals surface area contributed by atoms with E-state index in [4.69, 9.17) is 4.74 Å². The predicted octanol–water partition coefficient (Wildman–Crippen LogP) is 3.69. The van der Waals surface area contributed by atoms with Crippen molar-refractivity contribution in [3.63, 3.8) is 0 Å². The van der Waals surface area contributed by atoms with E-state index in [2.05, 4.69) is 16.7 Å². The summed E-state index contributed by atoms with van der Waals surface area (Å²) in [6, 6.07) is 7.04. The van der Waals surface area contributed by atoms with Gasteiger partial charge in [0.1, 0.15) is 5.75 Å². The molecule has 4 bridgehead atoms. The smallest absolute Gasteiger partial charge is 0.251 e. The Morgan fingerprint density at radius 1 is 0.909 bits per heavy atom. The zero-order valence-corrected chi connectivity index (χ0v) is 19.9. The Morgan fingerprint density at radius 2 is 1.52 bits per heavy atom. The number of carbonyl (C=O) groups excluding carboxylic acids is 2. The van der Waals surface area contributed by atoms with Gasteiger partial charge in [0.15, 0.2) is 0 Å². The standard InChI is InChI=1S/C27H37N3O3/c1-2-11-33-23-5-3-22(4-6-23)30-25(31)15-24(26(30)32)28-7-9-29(10-8-28)27-16-19-12-20(17-27)14-21(13-19)18-27/h3-6,19-21,24H,2,7-18H2,1H3/t19?,20?,21?,24-,27?/m0/s1. The maximum absolute atomic E-state index is 13.3. The van der Waals surface area contributed by atoms with Gasteiger partial charge in [-0.05, 0) is 87.0 Å². The van der Waals surface area contributed by atoms with Crippen molar-refractivity contribution in [3.05, 3.63) is 24.3 Å². The van der Waals surface area contributed by atoms with Crippen LogP contribution in [-0.4, -0.2) is 66.0 Å². The highest BCUT2D eigenvalue weighted by molar-refractivity contribution is 6.22. The van der Waals surface area contributed by atoms with Crippen LogP contribution in [0.2, 0.25) is 0 Å². The Balaban J connectivity index is 1.09. The molecule has 1 atom stereocenters. The Labute approximate surface area is 197 Å². The number of rotatable bonds is 6. The zero-order chi connectivity index (χ0) is 22.6. The summed E-state index contributed by atoms with van der Waals surface area (Å²) in [5.74, 6) is 3.49. The molecule has 0 radical (unpaired) electrons. The minimum Gasteiger partial charge on any atom is -0.494 e. The molecule has 33 heavy (non-hydrogen) atoms. The molecule has 0 aromatic heterocycles. The number of benzene rings is 1. The number of anilines is 1. The second-order valence-electron chi connectivity index (χ2n) is 11.3. The molecular weight excluding hydrogens is 414 g/mol. The molecule has 2 amide bonds. The van der Waals surface area contributed by atoms with Gasteiger partial charge in [-0.1, -0.05) is 6.92 Å². The number of amides is 2. The molecule has 4 saturated carbocycles. The fraction of sp³-hybridized carbons (Fsp3) is 0.704. The van der Waals surface area contributed by atoms with Crippen molar-refractivity contribution in [1.29, 1.82) is 0 Å². The summed E-state index contributed by atoms with van der Waals surface area (Å²) >= 11 is 0. The van der Waals surface area contributed by atoms with Crippen molar-refractivity contribution < 1.29 is 14.3 Å². The average Bonchev–Trinajstić information content (AvgIpc) is 3.11. The Bertz CT molecular complexity index is 870. The summed E-state index contributed by atoms with van der Waals surface area (Å²) in [4.78, 5) is 32.6. The largest absolute Gasteiger partial charge is 0.494 e. The summed E-state index contributed by atoms with van der Waals surface area (Å²) in [6.07, 6.45) is 9.84. The van der Waals surface area contributed by atoms with Crippen molar-refractivity contribution in [3.8, 4) is 5.75 Å². The minimum absolute atomic E-state index is 0.0644. The molecule has 0 unspecified atom stereocenters. The molecule has 2 aliphatic heterocycles. The Hall–Kier alpha value is -1.92. The third kappa shape index (κ3) is 3.79. The topological polar surface area (TPSA) is 53.1 Å². The summed E-state index contributed by atoms with van der Waals surface area (Å²) in [7, 11) is 0. The van der Waals surface area contributed by atoms with Crippen molar-refractivity contribution in [2.75, 3.05) is 37.7 Å². The molecule has 2 saturated heterocycles. The van der Waals surface area contributed by atoms with E-state index in [0.29, 0.717) is 24.3 Å². The maximum atomic E-state index is 13.3. The average molecular weight is 452 g/mol. The van der Waals surface area contributed by atoms with Crippen LogP contribution in [0.5, 0.6) is 5.75 Å². The first-order chi connectivity index (χ1) is 16.0. The Morgan fingerprint density at radius 3 is 2.09 bits per heavy atom. The van der Waals surface area contributed by atoms with E-state index in [1.807, 2.05) is 24.3 Å². The van der Waals surface area contributed by atoms with Gasteiger partial charge in [0.05, 0.1) is 24.8 Å². The van der Waals surface area contributed by atoms with Crippen LogP contribution in [-0.2, 0) is 9.59 Å². The molecule has 0 N–H and O–H groups in total. The van der Waals surface area contributed by atoms with Crippen LogP contribution in [0.3, 0.4) is 0 Å². The molecule has 6 fully saturated rings. The van der Waals surface area contributed by atoms with Crippen LogP contribution in [0.25, 0.3) is 0 Å². The van der Waals surface area contributed by atoms with Crippen LogP contribution < -0.4 is 9.64 Å². The quantitative estimate of drug-likeness (QED) is 0.618. The first-order valence-electron chi connectivity index (χ1n) is 13.1. The number of ether oxygens (including phenoxy) is 1. The lowest BCUT2D eigenvalue weighted by molar-refractivity contribution is -0.125. The van der Waals surface area contributed by atoms with Gasteiger partial charge in [-0.25, -0.2) is 4.90 Å². The second-order valence-corrected chi connectivity index (χ2v) is 11.3. The molecule has 6 aliphatic rings. The third-order valence-electron chi connectivity index (χ3n) is 9.12. The van der Waals surface area contributed by atoms with E-state index in [1.54, 1.807) is 0 Å². The normalized spacial score (nSPS) is 36.7. The molecular formula is C27H37N3O3. The zero-order valence-electron chi connectivity index (χ0n) is 19.9. The second kappa shape index (κ2) is 8.38. The van der Waals surface area contributed by atoms with Gasteiger partial charge in [-0.2, -0.15) is 0 Å². The van der Waals surface area contributed by atoms with Crippen molar-refractivity contribution in [2.24, 2.45) is 17.8 Å². The fourth-order valence-electron chi connectivity index (χ4n) is 8.04. The first kappa shape index (κ1) is 21.6. The highest BCUT2D eigenvalue weighted by Crippen LogP contribution is 2.57. The van der Waals surface area contributed by atoms with Crippen molar-refractivity contribution in [1.82, 2.24) is 9.80 Å². The van der Waals surface area contributed by atoms with Crippen LogP contribution in [0.15, 0.2) is 24.3 Å². The van der Waals surface area contributed by atoms with Gasteiger partial charge in [0.2, 0.25) is 5.91 Å². The highest BCUT2D eigenvalue weighted by atomic mass is 16.5. The number of nitrogens with zero attached hydrogens (tertiary/aromatic N) is 3. The van der Waals surface area contributed by atoms with Gasteiger partial charge >= 0.3 is 0 Å².